The van der Waals surface area contributed by atoms with Crippen molar-refractivity contribution in [1.82, 2.24) is 4.72 Å². The fraction of sp³-hybridized carbons (Fsp3) is 0.154. The summed E-state index contributed by atoms with van der Waals surface area (Å²) in [5, 5.41) is 10.2. The Labute approximate surface area is 116 Å². The van der Waals surface area contributed by atoms with Crippen molar-refractivity contribution in [2.45, 2.75) is 10.9 Å². The Kier molecular flexibility index (Phi) is 4.03. The van der Waals surface area contributed by atoms with Gasteiger partial charge in [-0.3, -0.25) is 4.79 Å². The monoisotopic (exact) mass is 294 g/mol. The fourth-order valence-electron chi connectivity index (χ4n) is 1.88. The Bertz CT molecular complexity index is 738. The first kappa shape index (κ1) is 14.4. The minimum Gasteiger partial charge on any atom is -0.480 e. The molecule has 0 bridgehead atoms. The summed E-state index contributed by atoms with van der Waals surface area (Å²) in [7, 11) is -3.95. The van der Waals surface area contributed by atoms with Crippen LogP contribution in [0.5, 0.6) is 0 Å². The van der Waals surface area contributed by atoms with Gasteiger partial charge in [0.15, 0.2) is 0 Å². The number of nitrogens with one attached hydrogen (secondary N) is 1. The smallest absolute Gasteiger partial charge is 0.323 e. The molecule has 0 spiro atoms. The van der Waals surface area contributed by atoms with Crippen LogP contribution in [-0.4, -0.2) is 32.1 Å². The van der Waals surface area contributed by atoms with E-state index in [0.717, 1.165) is 5.39 Å². The Morgan fingerprint density at radius 3 is 2.50 bits per heavy atom. The Morgan fingerprint density at radius 1 is 1.20 bits per heavy atom. The zero-order valence-corrected chi connectivity index (χ0v) is 11.3. The van der Waals surface area contributed by atoms with Crippen LogP contribution in [0.15, 0.2) is 47.4 Å². The standard InChI is InChI=1S/C13H14N2O4S/c14-8-11(13(16)17)15-20(18,19)12-7-3-5-9-4-1-2-6-10(9)12/h1-7,11,15H,8,14H2,(H,16,17). The zero-order valence-electron chi connectivity index (χ0n) is 10.5. The van der Waals surface area contributed by atoms with E-state index in [1.807, 2.05) is 0 Å². The van der Waals surface area contributed by atoms with Crippen LogP contribution in [0, 0.1) is 0 Å². The van der Waals surface area contributed by atoms with E-state index in [1.165, 1.54) is 6.07 Å². The Balaban J connectivity index is 2.50. The number of aliphatic carboxylic acids is 1. The summed E-state index contributed by atoms with van der Waals surface area (Å²) in [5.74, 6) is -1.31. The number of fused-ring (bicyclic) bond motifs is 1. The topological polar surface area (TPSA) is 109 Å². The van der Waals surface area contributed by atoms with Crippen molar-refractivity contribution < 1.29 is 18.3 Å². The molecule has 0 aromatic heterocycles. The lowest BCUT2D eigenvalue weighted by Crippen LogP contribution is -2.45. The normalized spacial score (nSPS) is 13.2. The molecule has 0 saturated carbocycles. The average Bonchev–Trinajstić information content (AvgIpc) is 2.43. The first-order valence-corrected chi connectivity index (χ1v) is 7.37. The highest BCUT2D eigenvalue weighted by atomic mass is 32.2. The lowest BCUT2D eigenvalue weighted by atomic mass is 10.1. The van der Waals surface area contributed by atoms with E-state index in [2.05, 4.69) is 4.72 Å². The number of hydrogen-bond donors (Lipinski definition) is 3. The minimum absolute atomic E-state index is 0.0373. The Morgan fingerprint density at radius 2 is 1.85 bits per heavy atom. The maximum atomic E-state index is 12.3. The van der Waals surface area contributed by atoms with Crippen LogP contribution in [0.4, 0.5) is 0 Å². The molecule has 0 aliphatic rings. The van der Waals surface area contributed by atoms with Crippen LogP contribution < -0.4 is 10.5 Å². The molecule has 0 aliphatic heterocycles. The number of carboxylic acid groups (broad SMARTS) is 1. The number of sulfonamides is 1. The number of hydrogen-bond acceptors (Lipinski definition) is 4. The molecule has 1 atom stereocenters. The molecule has 0 heterocycles. The van der Waals surface area contributed by atoms with E-state index in [-0.39, 0.29) is 11.4 Å². The molecule has 4 N–H and O–H groups in total. The van der Waals surface area contributed by atoms with Crippen LogP contribution in [-0.2, 0) is 14.8 Å². The van der Waals surface area contributed by atoms with E-state index < -0.39 is 22.0 Å². The molecule has 0 aliphatic carbocycles. The van der Waals surface area contributed by atoms with Gasteiger partial charge in [0.25, 0.3) is 0 Å². The lowest BCUT2D eigenvalue weighted by molar-refractivity contribution is -0.138. The molecule has 2 rings (SSSR count). The molecule has 0 saturated heterocycles. The zero-order chi connectivity index (χ0) is 14.8. The molecule has 2 aromatic rings. The van der Waals surface area contributed by atoms with Crippen molar-refractivity contribution in [2.75, 3.05) is 6.54 Å². The summed E-state index contributed by atoms with van der Waals surface area (Å²) < 4.78 is 26.7. The number of nitrogens with two attached hydrogens (primary N) is 1. The third kappa shape index (κ3) is 2.79. The molecule has 6 nitrogen and oxygen atoms in total. The quantitative estimate of drug-likeness (QED) is 0.745. The van der Waals surface area contributed by atoms with Crippen LogP contribution in [0.25, 0.3) is 10.8 Å². The van der Waals surface area contributed by atoms with Crippen molar-refractivity contribution in [3.63, 3.8) is 0 Å². The highest BCUT2D eigenvalue weighted by Crippen LogP contribution is 2.22. The Hall–Kier alpha value is -1.96. The third-order valence-corrected chi connectivity index (χ3v) is 4.40. The fourth-order valence-corrected chi connectivity index (χ4v) is 3.31. The average molecular weight is 294 g/mol. The molecule has 106 valence electrons. The van der Waals surface area contributed by atoms with Gasteiger partial charge in [-0.15, -0.1) is 0 Å². The van der Waals surface area contributed by atoms with Crippen LogP contribution >= 0.6 is 0 Å². The molecule has 0 radical (unpaired) electrons. The number of carboxylic acids is 1. The van der Waals surface area contributed by atoms with E-state index in [1.54, 1.807) is 36.4 Å². The van der Waals surface area contributed by atoms with E-state index in [0.29, 0.717) is 5.39 Å². The van der Waals surface area contributed by atoms with Gasteiger partial charge in [-0.1, -0.05) is 36.4 Å². The number of carbonyl (C=O) groups is 1. The first-order valence-electron chi connectivity index (χ1n) is 5.88. The predicted molar refractivity (Wildman–Crippen MR) is 74.7 cm³/mol. The minimum atomic E-state index is -3.95. The molecular formula is C13H14N2O4S. The summed E-state index contributed by atoms with van der Waals surface area (Å²) in [6.45, 7) is -0.320. The highest BCUT2D eigenvalue weighted by Gasteiger charge is 2.25. The van der Waals surface area contributed by atoms with Crippen molar-refractivity contribution in [3.8, 4) is 0 Å². The van der Waals surface area contributed by atoms with Gasteiger partial charge < -0.3 is 10.8 Å². The van der Waals surface area contributed by atoms with Crippen LogP contribution in [0.3, 0.4) is 0 Å². The van der Waals surface area contributed by atoms with Gasteiger partial charge in [0.2, 0.25) is 10.0 Å². The maximum absolute atomic E-state index is 12.3. The summed E-state index contributed by atoms with van der Waals surface area (Å²) in [6, 6.07) is 10.4. The van der Waals surface area contributed by atoms with Crippen LogP contribution in [0.1, 0.15) is 0 Å². The van der Waals surface area contributed by atoms with Crippen molar-refractivity contribution in [2.24, 2.45) is 5.73 Å². The van der Waals surface area contributed by atoms with Crippen molar-refractivity contribution in [1.29, 1.82) is 0 Å². The first-order chi connectivity index (χ1) is 9.45. The molecule has 7 heteroatoms. The largest absolute Gasteiger partial charge is 0.480 e. The molecule has 20 heavy (non-hydrogen) atoms. The molecule has 0 amide bonds. The SMILES string of the molecule is NCC(NS(=O)(=O)c1cccc2ccccc12)C(=O)O. The van der Waals surface area contributed by atoms with Crippen molar-refractivity contribution >= 4 is 26.8 Å². The van der Waals surface area contributed by atoms with Gasteiger partial charge in [-0.2, -0.15) is 4.72 Å². The molecule has 1 unspecified atom stereocenters. The predicted octanol–water partition coefficient (Wildman–Crippen LogP) is 0.530. The number of benzene rings is 2. The van der Waals surface area contributed by atoms with Gasteiger partial charge >= 0.3 is 5.97 Å². The van der Waals surface area contributed by atoms with Crippen molar-refractivity contribution in [3.05, 3.63) is 42.5 Å². The molecule has 2 aromatic carbocycles. The second-order valence-electron chi connectivity index (χ2n) is 4.23. The van der Waals surface area contributed by atoms with Gasteiger partial charge in [-0.05, 0) is 11.5 Å². The summed E-state index contributed by atoms with van der Waals surface area (Å²) in [6.07, 6.45) is 0. The second-order valence-corrected chi connectivity index (χ2v) is 5.91. The third-order valence-electron chi connectivity index (χ3n) is 2.87. The summed E-state index contributed by atoms with van der Waals surface area (Å²) in [5.41, 5.74) is 5.26. The highest BCUT2D eigenvalue weighted by molar-refractivity contribution is 7.89. The van der Waals surface area contributed by atoms with E-state index in [9.17, 15) is 13.2 Å². The second kappa shape index (κ2) is 5.58. The van der Waals surface area contributed by atoms with Gasteiger partial charge in [-0.25, -0.2) is 8.42 Å². The maximum Gasteiger partial charge on any atom is 0.323 e. The lowest BCUT2D eigenvalue weighted by Gasteiger charge is -2.14. The van der Waals surface area contributed by atoms with Gasteiger partial charge in [0.1, 0.15) is 6.04 Å². The van der Waals surface area contributed by atoms with E-state index in [4.69, 9.17) is 10.8 Å². The van der Waals surface area contributed by atoms with Gasteiger partial charge in [0, 0.05) is 11.9 Å². The van der Waals surface area contributed by atoms with Crippen LogP contribution in [0.2, 0.25) is 0 Å². The summed E-state index contributed by atoms with van der Waals surface area (Å²) in [4.78, 5) is 10.9. The molecular weight excluding hydrogens is 280 g/mol. The van der Waals surface area contributed by atoms with E-state index >= 15 is 0 Å². The molecule has 0 fully saturated rings. The van der Waals surface area contributed by atoms with Gasteiger partial charge in [0.05, 0.1) is 4.90 Å². The number of rotatable bonds is 5. The summed E-state index contributed by atoms with van der Waals surface area (Å²) >= 11 is 0.